The average Bonchev–Trinajstić information content (AvgIpc) is 1.62. The van der Waals surface area contributed by atoms with Crippen LogP contribution in [-0.2, 0) is 0 Å². The van der Waals surface area contributed by atoms with Crippen LogP contribution in [0.5, 0.6) is 0 Å². The van der Waals surface area contributed by atoms with Crippen LogP contribution in [0.2, 0.25) is 0 Å². The largest absolute Gasteiger partial charge is 0.389 e. The molecular weight excluding hydrogens is 114 g/mol. The zero-order valence-electron chi connectivity index (χ0n) is 6.97. The van der Waals surface area contributed by atoms with Crippen molar-refractivity contribution in [3.63, 3.8) is 0 Å². The molecule has 0 aromatic carbocycles. The van der Waals surface area contributed by atoms with E-state index < -0.39 is 5.60 Å². The Balaban J connectivity index is 3.88. The van der Waals surface area contributed by atoms with Gasteiger partial charge in [-0.25, -0.2) is 0 Å². The van der Waals surface area contributed by atoms with Crippen molar-refractivity contribution in [3.05, 3.63) is 0 Å². The van der Waals surface area contributed by atoms with Gasteiger partial charge in [0.15, 0.2) is 0 Å². The molecule has 0 aliphatic carbocycles. The molecule has 0 amide bonds. The van der Waals surface area contributed by atoms with Gasteiger partial charge in [0.2, 0.25) is 0 Å². The van der Waals surface area contributed by atoms with Crippen molar-refractivity contribution in [1.29, 1.82) is 0 Å². The molecule has 0 unspecified atom stereocenters. The molecule has 0 bridgehead atoms. The molecule has 2 nitrogen and oxygen atoms in total. The van der Waals surface area contributed by atoms with E-state index in [0.29, 0.717) is 0 Å². The monoisotopic (exact) mass is 131 g/mol. The van der Waals surface area contributed by atoms with E-state index in [0.717, 1.165) is 0 Å². The first-order chi connectivity index (χ1) is 3.85. The Kier molecular flexibility index (Phi) is 2.65. The minimum atomic E-state index is -0.594. The van der Waals surface area contributed by atoms with Crippen LogP contribution in [-0.4, -0.2) is 35.7 Å². The lowest BCUT2D eigenvalue weighted by atomic mass is 10.0. The lowest BCUT2D eigenvalue weighted by molar-refractivity contribution is 0.00647. The number of likely N-dealkylation sites (N-methyl/N-ethyl adjacent to an activating group) is 1. The molecular formula is C7H17NO. The zero-order valence-corrected chi connectivity index (χ0v) is 6.97. The van der Waals surface area contributed by atoms with Crippen LogP contribution in [0.4, 0.5) is 0 Å². The van der Waals surface area contributed by atoms with Crippen molar-refractivity contribution in [1.82, 2.24) is 4.90 Å². The fourth-order valence-corrected chi connectivity index (χ4v) is 0.632. The quantitative estimate of drug-likeness (QED) is 0.596. The summed E-state index contributed by atoms with van der Waals surface area (Å²) in [4.78, 5) is 2.00. The lowest BCUT2D eigenvalue weighted by Crippen LogP contribution is -2.43. The normalized spacial score (nSPS) is 16.3. The van der Waals surface area contributed by atoms with Gasteiger partial charge in [-0.05, 0) is 34.9 Å². The second-order valence-electron chi connectivity index (χ2n) is 3.29. The van der Waals surface area contributed by atoms with E-state index in [1.807, 2.05) is 39.8 Å². The first-order valence-corrected chi connectivity index (χ1v) is 3.24. The molecule has 0 aromatic heterocycles. The highest BCUT2D eigenvalue weighted by atomic mass is 16.3. The predicted molar refractivity (Wildman–Crippen MR) is 39.4 cm³/mol. The minimum Gasteiger partial charge on any atom is -0.389 e. The van der Waals surface area contributed by atoms with Crippen molar-refractivity contribution in [2.24, 2.45) is 0 Å². The molecule has 2 heteroatoms. The number of nitrogens with zero attached hydrogens (tertiary/aromatic N) is 1. The van der Waals surface area contributed by atoms with E-state index in [-0.39, 0.29) is 6.04 Å². The third-order valence-electron chi connectivity index (χ3n) is 1.80. The molecule has 0 radical (unpaired) electrons. The lowest BCUT2D eigenvalue weighted by Gasteiger charge is -2.31. The van der Waals surface area contributed by atoms with E-state index in [4.69, 9.17) is 0 Å². The summed E-state index contributed by atoms with van der Waals surface area (Å²) >= 11 is 0. The van der Waals surface area contributed by atoms with E-state index in [2.05, 4.69) is 0 Å². The van der Waals surface area contributed by atoms with Crippen LogP contribution in [0.3, 0.4) is 0 Å². The highest BCUT2D eigenvalue weighted by molar-refractivity contribution is 4.78. The Bertz CT molecular complexity index is 83.4. The fourth-order valence-electron chi connectivity index (χ4n) is 0.632. The van der Waals surface area contributed by atoms with Crippen molar-refractivity contribution < 1.29 is 5.11 Å². The summed E-state index contributed by atoms with van der Waals surface area (Å²) in [7, 11) is 3.92. The Morgan fingerprint density at radius 3 is 1.67 bits per heavy atom. The van der Waals surface area contributed by atoms with Crippen LogP contribution in [0.1, 0.15) is 20.8 Å². The molecule has 0 aliphatic rings. The summed E-state index contributed by atoms with van der Waals surface area (Å²) in [5.41, 5.74) is -0.594. The number of hydrogen-bond donors (Lipinski definition) is 1. The SMILES string of the molecule is C[C@@H](N(C)C)C(C)(C)O. The van der Waals surface area contributed by atoms with Crippen LogP contribution >= 0.6 is 0 Å². The molecule has 1 atom stereocenters. The van der Waals surface area contributed by atoms with Crippen LogP contribution in [0.25, 0.3) is 0 Å². The van der Waals surface area contributed by atoms with Crippen LogP contribution in [0, 0.1) is 0 Å². The molecule has 0 saturated carbocycles. The smallest absolute Gasteiger partial charge is 0.0743 e. The molecule has 0 aromatic rings. The predicted octanol–water partition coefficient (Wildman–Crippen LogP) is 0.707. The van der Waals surface area contributed by atoms with Crippen molar-refractivity contribution in [3.8, 4) is 0 Å². The molecule has 9 heavy (non-hydrogen) atoms. The average molecular weight is 131 g/mol. The first kappa shape index (κ1) is 8.92. The maximum Gasteiger partial charge on any atom is 0.0743 e. The molecule has 0 aliphatic heterocycles. The second kappa shape index (κ2) is 2.67. The highest BCUT2D eigenvalue weighted by Gasteiger charge is 2.23. The van der Waals surface area contributed by atoms with Crippen LogP contribution in [0.15, 0.2) is 0 Å². The Hall–Kier alpha value is -0.0800. The van der Waals surface area contributed by atoms with E-state index in [1.54, 1.807) is 0 Å². The van der Waals surface area contributed by atoms with Gasteiger partial charge in [-0.1, -0.05) is 0 Å². The molecule has 0 rings (SSSR count). The van der Waals surface area contributed by atoms with Gasteiger partial charge in [-0.15, -0.1) is 0 Å². The molecule has 0 fully saturated rings. The van der Waals surface area contributed by atoms with Gasteiger partial charge in [-0.2, -0.15) is 0 Å². The molecule has 0 heterocycles. The van der Waals surface area contributed by atoms with Gasteiger partial charge in [-0.3, -0.25) is 0 Å². The Morgan fingerprint density at radius 2 is 1.67 bits per heavy atom. The zero-order chi connectivity index (χ0) is 7.65. The van der Waals surface area contributed by atoms with E-state index >= 15 is 0 Å². The summed E-state index contributed by atoms with van der Waals surface area (Å²) < 4.78 is 0. The van der Waals surface area contributed by atoms with E-state index in [1.165, 1.54) is 0 Å². The maximum absolute atomic E-state index is 9.41. The summed E-state index contributed by atoms with van der Waals surface area (Å²) in [5, 5.41) is 9.41. The number of hydrogen-bond acceptors (Lipinski definition) is 2. The summed E-state index contributed by atoms with van der Waals surface area (Å²) in [6.07, 6.45) is 0. The molecule has 1 N–H and O–H groups in total. The number of aliphatic hydroxyl groups is 1. The second-order valence-corrected chi connectivity index (χ2v) is 3.29. The van der Waals surface area contributed by atoms with Gasteiger partial charge < -0.3 is 10.0 Å². The van der Waals surface area contributed by atoms with Gasteiger partial charge in [0.1, 0.15) is 0 Å². The highest BCUT2D eigenvalue weighted by Crippen LogP contribution is 2.11. The summed E-state index contributed by atoms with van der Waals surface area (Å²) in [6.45, 7) is 5.63. The third-order valence-corrected chi connectivity index (χ3v) is 1.80. The summed E-state index contributed by atoms with van der Waals surface area (Å²) in [5.74, 6) is 0. The van der Waals surface area contributed by atoms with Crippen molar-refractivity contribution in [2.75, 3.05) is 14.1 Å². The fraction of sp³-hybridized carbons (Fsp3) is 1.00. The Labute approximate surface area is 57.5 Å². The van der Waals surface area contributed by atoms with Crippen LogP contribution < -0.4 is 0 Å². The van der Waals surface area contributed by atoms with Gasteiger partial charge in [0.05, 0.1) is 5.60 Å². The van der Waals surface area contributed by atoms with Gasteiger partial charge in [0, 0.05) is 6.04 Å². The van der Waals surface area contributed by atoms with Crippen molar-refractivity contribution in [2.45, 2.75) is 32.4 Å². The molecule has 56 valence electrons. The molecule has 0 saturated heterocycles. The topological polar surface area (TPSA) is 23.5 Å². The minimum absolute atomic E-state index is 0.206. The van der Waals surface area contributed by atoms with Gasteiger partial charge in [0.25, 0.3) is 0 Å². The summed E-state index contributed by atoms with van der Waals surface area (Å²) in [6, 6.07) is 0.206. The van der Waals surface area contributed by atoms with Gasteiger partial charge >= 0.3 is 0 Å². The number of rotatable bonds is 2. The standard InChI is InChI=1S/C7H17NO/c1-6(8(4)5)7(2,3)9/h6,9H,1-5H3/t6-/m1/s1. The Morgan fingerprint density at radius 1 is 1.33 bits per heavy atom. The third kappa shape index (κ3) is 2.82. The van der Waals surface area contributed by atoms with Crippen molar-refractivity contribution >= 4 is 0 Å². The van der Waals surface area contributed by atoms with E-state index in [9.17, 15) is 5.11 Å². The first-order valence-electron chi connectivity index (χ1n) is 3.24. The molecule has 0 spiro atoms. The maximum atomic E-state index is 9.41.